The van der Waals surface area contributed by atoms with Crippen LogP contribution >= 0.6 is 0 Å². The second-order valence-corrected chi connectivity index (χ2v) is 8.14. The molecular formula is C19H19N3O3S. The minimum absolute atomic E-state index is 0.154. The fourth-order valence-corrected chi connectivity index (χ4v) is 4.57. The molecule has 1 atom stereocenters. The molecule has 0 spiro atoms. The average molecular weight is 369 g/mol. The number of nitriles is 1. The first kappa shape index (κ1) is 18.1. The summed E-state index contributed by atoms with van der Waals surface area (Å²) in [5.74, 6) is -0.652. The molecule has 2 aromatic rings. The number of piperidine rings is 1. The van der Waals surface area contributed by atoms with Gasteiger partial charge in [-0.05, 0) is 43.2 Å². The third-order valence-electron chi connectivity index (χ3n) is 4.40. The highest BCUT2D eigenvalue weighted by atomic mass is 32.2. The summed E-state index contributed by atoms with van der Waals surface area (Å²) in [4.78, 5) is 12.8. The van der Waals surface area contributed by atoms with Gasteiger partial charge < -0.3 is 5.32 Å². The molecule has 0 bridgehead atoms. The molecule has 1 aliphatic rings. The maximum Gasteiger partial charge on any atom is 0.243 e. The van der Waals surface area contributed by atoms with Crippen molar-refractivity contribution in [2.75, 3.05) is 18.4 Å². The van der Waals surface area contributed by atoms with E-state index in [-0.39, 0.29) is 17.3 Å². The molecule has 1 N–H and O–H groups in total. The number of nitrogens with one attached hydrogen (secondary N) is 1. The molecule has 0 aliphatic carbocycles. The van der Waals surface area contributed by atoms with Crippen LogP contribution in [-0.4, -0.2) is 31.7 Å². The topological polar surface area (TPSA) is 90.3 Å². The predicted octanol–water partition coefficient (Wildman–Crippen LogP) is 2.60. The number of nitrogens with zero attached hydrogens (tertiary/aromatic N) is 2. The van der Waals surface area contributed by atoms with Gasteiger partial charge in [-0.15, -0.1) is 0 Å². The Labute approximate surface area is 153 Å². The van der Waals surface area contributed by atoms with Gasteiger partial charge in [-0.25, -0.2) is 8.42 Å². The molecule has 1 unspecified atom stereocenters. The van der Waals surface area contributed by atoms with E-state index in [9.17, 15) is 13.2 Å². The molecule has 134 valence electrons. The van der Waals surface area contributed by atoms with Crippen molar-refractivity contribution in [1.29, 1.82) is 5.26 Å². The lowest BCUT2D eigenvalue weighted by atomic mass is 9.98. The van der Waals surface area contributed by atoms with Crippen LogP contribution < -0.4 is 5.32 Å². The summed E-state index contributed by atoms with van der Waals surface area (Å²) < 4.78 is 26.9. The molecule has 26 heavy (non-hydrogen) atoms. The molecule has 6 nitrogen and oxygen atoms in total. The zero-order valence-electron chi connectivity index (χ0n) is 14.1. The van der Waals surface area contributed by atoms with E-state index in [2.05, 4.69) is 5.32 Å². The molecule has 0 radical (unpaired) electrons. The summed E-state index contributed by atoms with van der Waals surface area (Å²) in [6, 6.07) is 16.9. The van der Waals surface area contributed by atoms with Gasteiger partial charge in [0.05, 0.1) is 22.4 Å². The monoisotopic (exact) mass is 369 g/mol. The van der Waals surface area contributed by atoms with Gasteiger partial charge in [-0.1, -0.05) is 24.3 Å². The highest BCUT2D eigenvalue weighted by Crippen LogP contribution is 2.24. The summed E-state index contributed by atoms with van der Waals surface area (Å²) in [7, 11) is -3.60. The molecule has 1 aliphatic heterocycles. The second kappa shape index (κ2) is 7.68. The number of carbonyl (C=O) groups is 1. The van der Waals surface area contributed by atoms with E-state index in [1.165, 1.54) is 4.31 Å². The number of amides is 1. The van der Waals surface area contributed by atoms with Crippen molar-refractivity contribution in [3.8, 4) is 6.07 Å². The predicted molar refractivity (Wildman–Crippen MR) is 97.7 cm³/mol. The zero-order chi connectivity index (χ0) is 18.6. The number of benzene rings is 2. The Bertz CT molecular complexity index is 936. The first-order valence-electron chi connectivity index (χ1n) is 8.37. The summed E-state index contributed by atoms with van der Waals surface area (Å²) >= 11 is 0. The lowest BCUT2D eigenvalue weighted by Gasteiger charge is -2.31. The largest absolute Gasteiger partial charge is 0.326 e. The number of carbonyl (C=O) groups excluding carboxylic acids is 1. The van der Waals surface area contributed by atoms with Crippen molar-refractivity contribution >= 4 is 21.6 Å². The smallest absolute Gasteiger partial charge is 0.243 e. The first-order chi connectivity index (χ1) is 12.5. The third-order valence-corrected chi connectivity index (χ3v) is 6.27. The molecule has 0 aromatic heterocycles. The molecule has 0 saturated carbocycles. The van der Waals surface area contributed by atoms with Crippen LogP contribution in [0.3, 0.4) is 0 Å². The molecule has 2 aromatic carbocycles. The van der Waals surface area contributed by atoms with E-state index in [0.29, 0.717) is 30.6 Å². The van der Waals surface area contributed by atoms with Crippen molar-refractivity contribution in [3.63, 3.8) is 0 Å². The van der Waals surface area contributed by atoms with E-state index in [0.717, 1.165) is 0 Å². The van der Waals surface area contributed by atoms with Gasteiger partial charge >= 0.3 is 0 Å². The number of hydrogen-bond donors (Lipinski definition) is 1. The van der Waals surface area contributed by atoms with E-state index < -0.39 is 15.9 Å². The molecule has 3 rings (SSSR count). The molecular weight excluding hydrogens is 350 g/mol. The maximum absolute atomic E-state index is 12.8. The Hall–Kier alpha value is -2.69. The highest BCUT2D eigenvalue weighted by molar-refractivity contribution is 7.89. The van der Waals surface area contributed by atoms with Gasteiger partial charge in [0, 0.05) is 18.8 Å². The van der Waals surface area contributed by atoms with E-state index >= 15 is 0 Å². The number of rotatable bonds is 4. The van der Waals surface area contributed by atoms with Gasteiger partial charge in [0.2, 0.25) is 15.9 Å². The standard InChI is InChI=1S/C19H19N3O3S/c20-13-15-6-4-8-17(12-15)21-19(23)16-7-5-11-22(14-16)26(24,25)18-9-2-1-3-10-18/h1-4,6,8-10,12,16H,5,7,11,14H2,(H,21,23). The molecule has 1 heterocycles. The third kappa shape index (κ3) is 3.93. The van der Waals surface area contributed by atoms with Crippen molar-refractivity contribution < 1.29 is 13.2 Å². The van der Waals surface area contributed by atoms with Crippen LogP contribution in [-0.2, 0) is 14.8 Å². The quantitative estimate of drug-likeness (QED) is 0.897. The van der Waals surface area contributed by atoms with Crippen LogP contribution in [0.4, 0.5) is 5.69 Å². The zero-order valence-corrected chi connectivity index (χ0v) is 14.9. The van der Waals surface area contributed by atoms with Crippen LogP contribution in [0.25, 0.3) is 0 Å². The minimum Gasteiger partial charge on any atom is -0.326 e. The van der Waals surface area contributed by atoms with Crippen LogP contribution in [0.5, 0.6) is 0 Å². The average Bonchev–Trinajstić information content (AvgIpc) is 2.69. The molecule has 1 amide bonds. The van der Waals surface area contributed by atoms with Crippen LogP contribution in [0.2, 0.25) is 0 Å². The Balaban J connectivity index is 1.72. The summed E-state index contributed by atoms with van der Waals surface area (Å²) in [5, 5.41) is 11.7. The van der Waals surface area contributed by atoms with Crippen molar-refractivity contribution in [1.82, 2.24) is 4.31 Å². The van der Waals surface area contributed by atoms with Crippen LogP contribution in [0, 0.1) is 17.2 Å². The van der Waals surface area contributed by atoms with Crippen LogP contribution in [0.15, 0.2) is 59.5 Å². The highest BCUT2D eigenvalue weighted by Gasteiger charge is 2.33. The van der Waals surface area contributed by atoms with E-state index in [1.54, 1.807) is 54.6 Å². The molecule has 1 saturated heterocycles. The lowest BCUT2D eigenvalue weighted by Crippen LogP contribution is -2.43. The Morgan fingerprint density at radius 2 is 1.92 bits per heavy atom. The Morgan fingerprint density at radius 3 is 2.65 bits per heavy atom. The number of anilines is 1. The SMILES string of the molecule is N#Cc1cccc(NC(=O)C2CCCN(S(=O)(=O)c3ccccc3)C2)c1. The fraction of sp³-hybridized carbons (Fsp3) is 0.263. The van der Waals surface area contributed by atoms with Gasteiger partial charge in [-0.3, -0.25) is 4.79 Å². The van der Waals surface area contributed by atoms with Crippen LogP contribution in [0.1, 0.15) is 18.4 Å². The van der Waals surface area contributed by atoms with Gasteiger partial charge in [-0.2, -0.15) is 9.57 Å². The first-order valence-corrected chi connectivity index (χ1v) is 9.81. The van der Waals surface area contributed by atoms with E-state index in [1.807, 2.05) is 6.07 Å². The van der Waals surface area contributed by atoms with Gasteiger partial charge in [0.1, 0.15) is 0 Å². The second-order valence-electron chi connectivity index (χ2n) is 6.20. The minimum atomic E-state index is -3.60. The molecule has 1 fully saturated rings. The Kier molecular flexibility index (Phi) is 5.35. The summed E-state index contributed by atoms with van der Waals surface area (Å²) in [6.45, 7) is 0.561. The summed E-state index contributed by atoms with van der Waals surface area (Å²) in [5.41, 5.74) is 0.997. The fourth-order valence-electron chi connectivity index (χ4n) is 3.03. The maximum atomic E-state index is 12.8. The summed E-state index contributed by atoms with van der Waals surface area (Å²) in [6.07, 6.45) is 1.26. The number of hydrogen-bond acceptors (Lipinski definition) is 4. The van der Waals surface area contributed by atoms with Crippen molar-refractivity contribution in [2.24, 2.45) is 5.92 Å². The van der Waals surface area contributed by atoms with E-state index in [4.69, 9.17) is 5.26 Å². The van der Waals surface area contributed by atoms with Gasteiger partial charge in [0.15, 0.2) is 0 Å². The Morgan fingerprint density at radius 1 is 1.15 bits per heavy atom. The lowest BCUT2D eigenvalue weighted by molar-refractivity contribution is -0.120. The van der Waals surface area contributed by atoms with Crippen molar-refractivity contribution in [2.45, 2.75) is 17.7 Å². The van der Waals surface area contributed by atoms with Crippen molar-refractivity contribution in [3.05, 3.63) is 60.2 Å². The molecule has 7 heteroatoms. The number of sulfonamides is 1. The normalized spacial score (nSPS) is 18.0. The van der Waals surface area contributed by atoms with Gasteiger partial charge in [0.25, 0.3) is 0 Å².